The van der Waals surface area contributed by atoms with Gasteiger partial charge in [-0.25, -0.2) is 0 Å². The third-order valence-corrected chi connectivity index (χ3v) is 11.7. The molecule has 0 fully saturated rings. The molecule has 2 N–H and O–H groups in total. The van der Waals surface area contributed by atoms with Crippen molar-refractivity contribution in [2.24, 2.45) is 0 Å². The van der Waals surface area contributed by atoms with Gasteiger partial charge in [-0.1, -0.05) is 109 Å². The van der Waals surface area contributed by atoms with Gasteiger partial charge in [0.25, 0.3) is 0 Å². The fraction of sp³-hybridized carbons (Fsp3) is 0. The Morgan fingerprint density at radius 2 is 0.739 bits per heavy atom. The number of para-hydroxylation sites is 2. The molecular formula is C42H26N2S2. The molecule has 0 unspecified atom stereocenters. The summed E-state index contributed by atoms with van der Waals surface area (Å²) in [6, 6.07) is 53.0. The quantitative estimate of drug-likeness (QED) is 0.196. The lowest BCUT2D eigenvalue weighted by atomic mass is 10.0. The van der Waals surface area contributed by atoms with Crippen LogP contribution in [0.15, 0.2) is 146 Å². The van der Waals surface area contributed by atoms with Gasteiger partial charge in [0.15, 0.2) is 0 Å². The van der Waals surface area contributed by atoms with Gasteiger partial charge in [-0.3, -0.25) is 0 Å². The molecule has 4 heteroatoms. The van der Waals surface area contributed by atoms with Crippen molar-refractivity contribution < 1.29 is 0 Å². The van der Waals surface area contributed by atoms with Crippen molar-refractivity contribution >= 4 is 74.1 Å². The normalized spacial score (nSPS) is 11.9. The maximum absolute atomic E-state index is 3.55. The van der Waals surface area contributed by atoms with Crippen LogP contribution in [0.2, 0.25) is 0 Å². The lowest BCUT2D eigenvalue weighted by molar-refractivity contribution is 1.45. The largest absolute Gasteiger partial charge is 0.355 e. The van der Waals surface area contributed by atoms with Crippen LogP contribution in [0.3, 0.4) is 0 Å². The topological polar surface area (TPSA) is 31.6 Å². The minimum absolute atomic E-state index is 1.15. The Morgan fingerprint density at radius 1 is 0.348 bits per heavy atom. The highest BCUT2D eigenvalue weighted by Gasteiger charge is 2.14. The van der Waals surface area contributed by atoms with E-state index in [2.05, 4.69) is 156 Å². The van der Waals surface area contributed by atoms with Crippen LogP contribution < -0.4 is 0 Å². The summed E-state index contributed by atoms with van der Waals surface area (Å²) in [5.41, 5.74) is 12.0. The Balaban J connectivity index is 0.950. The van der Waals surface area contributed by atoms with Gasteiger partial charge in [0.05, 0.1) is 9.40 Å². The fourth-order valence-electron chi connectivity index (χ4n) is 6.76. The monoisotopic (exact) mass is 622 g/mol. The summed E-state index contributed by atoms with van der Waals surface area (Å²) in [4.78, 5) is 7.10. The molecule has 0 saturated heterocycles. The van der Waals surface area contributed by atoms with Gasteiger partial charge >= 0.3 is 0 Å². The first-order valence-electron chi connectivity index (χ1n) is 15.5. The van der Waals surface area contributed by atoms with E-state index < -0.39 is 0 Å². The lowest BCUT2D eigenvalue weighted by Crippen LogP contribution is -1.80. The molecule has 4 aromatic heterocycles. The SMILES string of the molecule is c1ccc2[nH]c(-c3ccc(-c4ccc5c(c4)sc4c6ccc(-c7ccc(-c8cc9ccccc9[nH]8)cc7)cc6sc54)cc3)cc2c1. The van der Waals surface area contributed by atoms with E-state index in [9.17, 15) is 0 Å². The molecule has 0 saturated carbocycles. The van der Waals surface area contributed by atoms with Gasteiger partial charge in [0.2, 0.25) is 0 Å². The van der Waals surface area contributed by atoms with Crippen LogP contribution in [0.1, 0.15) is 0 Å². The van der Waals surface area contributed by atoms with Crippen LogP contribution in [-0.2, 0) is 0 Å². The predicted molar refractivity (Wildman–Crippen MR) is 200 cm³/mol. The molecule has 0 atom stereocenters. The van der Waals surface area contributed by atoms with E-state index in [-0.39, 0.29) is 0 Å². The second-order valence-corrected chi connectivity index (χ2v) is 14.1. The summed E-state index contributed by atoms with van der Waals surface area (Å²) in [6.07, 6.45) is 0. The smallest absolute Gasteiger partial charge is 0.0542 e. The molecule has 0 aliphatic rings. The second-order valence-electron chi connectivity index (χ2n) is 12.0. The number of nitrogens with one attached hydrogen (secondary N) is 2. The minimum atomic E-state index is 1.15. The Morgan fingerprint density at radius 3 is 1.17 bits per heavy atom. The highest BCUT2D eigenvalue weighted by atomic mass is 32.1. The third-order valence-electron chi connectivity index (χ3n) is 9.20. The Bertz CT molecular complexity index is 2480. The molecule has 10 rings (SSSR count). The molecule has 0 amide bonds. The summed E-state index contributed by atoms with van der Waals surface area (Å²) in [6.45, 7) is 0. The number of hydrogen-bond donors (Lipinski definition) is 2. The Hall–Kier alpha value is -5.42. The van der Waals surface area contributed by atoms with E-state index in [1.165, 1.54) is 84.8 Å². The van der Waals surface area contributed by atoms with Crippen LogP contribution in [0, 0.1) is 0 Å². The van der Waals surface area contributed by atoms with Gasteiger partial charge in [-0.05, 0) is 69.8 Å². The van der Waals surface area contributed by atoms with Crippen molar-refractivity contribution in [1.82, 2.24) is 9.97 Å². The fourth-order valence-corrected chi connectivity index (χ4v) is 9.49. The molecule has 6 aromatic carbocycles. The molecule has 216 valence electrons. The molecule has 0 aliphatic carbocycles. The number of thiophene rings is 2. The zero-order valence-corrected chi connectivity index (χ0v) is 26.3. The maximum Gasteiger partial charge on any atom is 0.0542 e. The number of benzene rings is 6. The summed E-state index contributed by atoms with van der Waals surface area (Å²) >= 11 is 3.83. The minimum Gasteiger partial charge on any atom is -0.355 e. The van der Waals surface area contributed by atoms with E-state index in [1.807, 2.05) is 22.7 Å². The first-order chi connectivity index (χ1) is 22.7. The van der Waals surface area contributed by atoms with E-state index in [4.69, 9.17) is 0 Å². The van der Waals surface area contributed by atoms with Gasteiger partial charge < -0.3 is 9.97 Å². The third kappa shape index (κ3) is 4.15. The molecule has 0 spiro atoms. The lowest BCUT2D eigenvalue weighted by Gasteiger charge is -2.05. The van der Waals surface area contributed by atoms with Crippen LogP contribution in [-0.4, -0.2) is 9.97 Å². The highest BCUT2D eigenvalue weighted by molar-refractivity contribution is 7.36. The zero-order valence-electron chi connectivity index (χ0n) is 24.7. The van der Waals surface area contributed by atoms with Crippen molar-refractivity contribution in [2.45, 2.75) is 0 Å². The van der Waals surface area contributed by atoms with E-state index in [0.29, 0.717) is 0 Å². The number of aromatic amines is 2. The van der Waals surface area contributed by atoms with Crippen molar-refractivity contribution in [3.8, 4) is 44.8 Å². The summed E-state index contributed by atoms with van der Waals surface area (Å²) in [5, 5.41) is 5.18. The molecular weight excluding hydrogens is 597 g/mol. The first kappa shape index (κ1) is 25.9. The maximum atomic E-state index is 3.55. The molecule has 46 heavy (non-hydrogen) atoms. The number of H-pyrrole nitrogens is 2. The summed E-state index contributed by atoms with van der Waals surface area (Å²) in [5.74, 6) is 0. The number of rotatable bonds is 4. The molecule has 0 radical (unpaired) electrons. The predicted octanol–water partition coefficient (Wildman–Crippen LogP) is 12.9. The van der Waals surface area contributed by atoms with Crippen molar-refractivity contribution in [3.05, 3.63) is 146 Å². The number of aromatic nitrogens is 2. The van der Waals surface area contributed by atoms with E-state index in [0.717, 1.165) is 11.4 Å². The molecule has 10 aromatic rings. The van der Waals surface area contributed by atoms with E-state index >= 15 is 0 Å². The summed E-state index contributed by atoms with van der Waals surface area (Å²) in [7, 11) is 0. The van der Waals surface area contributed by atoms with Crippen molar-refractivity contribution in [3.63, 3.8) is 0 Å². The Kier molecular flexibility index (Phi) is 5.65. The number of hydrogen-bond acceptors (Lipinski definition) is 2. The first-order valence-corrected chi connectivity index (χ1v) is 17.1. The van der Waals surface area contributed by atoms with Gasteiger partial charge in [-0.15, -0.1) is 22.7 Å². The van der Waals surface area contributed by atoms with Gasteiger partial charge in [-0.2, -0.15) is 0 Å². The molecule has 0 aliphatic heterocycles. The van der Waals surface area contributed by atoms with Gasteiger partial charge in [0.1, 0.15) is 0 Å². The van der Waals surface area contributed by atoms with Crippen LogP contribution in [0.25, 0.3) is 96.1 Å². The van der Waals surface area contributed by atoms with Crippen LogP contribution in [0.5, 0.6) is 0 Å². The van der Waals surface area contributed by atoms with Crippen molar-refractivity contribution in [1.29, 1.82) is 0 Å². The van der Waals surface area contributed by atoms with Crippen LogP contribution in [0.4, 0.5) is 0 Å². The van der Waals surface area contributed by atoms with Gasteiger partial charge in [0, 0.05) is 53.4 Å². The molecule has 2 nitrogen and oxygen atoms in total. The average molecular weight is 623 g/mol. The molecule has 4 heterocycles. The van der Waals surface area contributed by atoms with Crippen molar-refractivity contribution in [2.75, 3.05) is 0 Å². The second kappa shape index (κ2) is 10.0. The summed E-state index contributed by atoms with van der Waals surface area (Å²) < 4.78 is 5.47. The van der Waals surface area contributed by atoms with E-state index in [1.54, 1.807) is 0 Å². The zero-order chi connectivity index (χ0) is 30.2. The highest BCUT2D eigenvalue weighted by Crippen LogP contribution is 2.46. The standard InChI is InChI=1S/C42H26N2S2/c1-3-7-35-31(5-1)21-37(43-35)27-13-9-25(10-14-27)29-17-19-33-39(23-29)45-42-34-20-18-30(24-40(34)46-41(33)42)26-11-15-28(16-12-26)38-22-32-6-2-4-8-36(32)44-38/h1-24,43-44H. The van der Waals surface area contributed by atoms with Crippen LogP contribution >= 0.6 is 22.7 Å². The average Bonchev–Trinajstić information content (AvgIpc) is 3.89. The number of fused-ring (bicyclic) bond motifs is 7. The molecule has 0 bridgehead atoms. The Labute approximate surface area is 273 Å².